The van der Waals surface area contributed by atoms with E-state index in [9.17, 15) is 18.0 Å². The molecule has 1 amide bonds. The van der Waals surface area contributed by atoms with Crippen molar-refractivity contribution in [3.8, 4) is 0 Å². The monoisotopic (exact) mass is 238 g/mol. The Morgan fingerprint density at radius 1 is 1.33 bits per heavy atom. The number of carbonyl (C=O) groups excluding carboxylic acids is 1. The summed E-state index contributed by atoms with van der Waals surface area (Å²) in [6, 6.07) is 1.57. The Morgan fingerprint density at radius 3 is 2.27 bits per heavy atom. The van der Waals surface area contributed by atoms with Crippen molar-refractivity contribution in [2.45, 2.75) is 6.18 Å². The average Bonchev–Trinajstić information content (AvgIpc) is 2.06. The molecule has 82 valence electrons. The Bertz CT molecular complexity index is 417. The molecule has 4 N–H and O–H groups in total. The Labute approximate surface area is 87.8 Å². The maximum Gasteiger partial charge on any atom is 0.418 e. The van der Waals surface area contributed by atoms with Crippen molar-refractivity contribution < 1.29 is 18.0 Å². The summed E-state index contributed by atoms with van der Waals surface area (Å²) in [5.74, 6) is -0.998. The van der Waals surface area contributed by atoms with Crippen LogP contribution in [-0.4, -0.2) is 5.91 Å². The van der Waals surface area contributed by atoms with Gasteiger partial charge in [0.25, 0.3) is 0 Å². The molecule has 0 atom stereocenters. The highest BCUT2D eigenvalue weighted by Crippen LogP contribution is 2.37. The van der Waals surface area contributed by atoms with Gasteiger partial charge in [-0.25, -0.2) is 0 Å². The first kappa shape index (κ1) is 11.6. The Balaban J connectivity index is 3.45. The Kier molecular flexibility index (Phi) is 2.81. The van der Waals surface area contributed by atoms with Gasteiger partial charge in [0.15, 0.2) is 0 Å². The van der Waals surface area contributed by atoms with Crippen molar-refractivity contribution in [1.82, 2.24) is 0 Å². The van der Waals surface area contributed by atoms with E-state index in [1.165, 1.54) is 0 Å². The number of nitrogens with two attached hydrogens (primary N) is 2. The van der Waals surface area contributed by atoms with Crippen LogP contribution in [0, 0.1) is 0 Å². The highest BCUT2D eigenvalue weighted by Gasteiger charge is 2.34. The van der Waals surface area contributed by atoms with E-state index in [1.807, 2.05) is 0 Å². The molecule has 0 radical (unpaired) electrons. The first-order valence-electron chi connectivity index (χ1n) is 3.69. The van der Waals surface area contributed by atoms with Gasteiger partial charge >= 0.3 is 6.18 Å². The van der Waals surface area contributed by atoms with Crippen LogP contribution in [0.3, 0.4) is 0 Å². The van der Waals surface area contributed by atoms with Gasteiger partial charge < -0.3 is 11.5 Å². The summed E-state index contributed by atoms with van der Waals surface area (Å²) in [5.41, 5.74) is 7.86. The van der Waals surface area contributed by atoms with Crippen molar-refractivity contribution >= 4 is 23.2 Å². The summed E-state index contributed by atoms with van der Waals surface area (Å²) in [5, 5.41) is -0.348. The summed E-state index contributed by atoms with van der Waals surface area (Å²) in [6.07, 6.45) is -4.67. The number of primary amides is 1. The second-order valence-electron chi connectivity index (χ2n) is 2.78. The molecule has 0 fully saturated rings. The topological polar surface area (TPSA) is 69.1 Å². The molecule has 15 heavy (non-hydrogen) atoms. The molecular weight excluding hydrogens is 233 g/mol. The van der Waals surface area contributed by atoms with Crippen molar-refractivity contribution in [3.63, 3.8) is 0 Å². The summed E-state index contributed by atoms with van der Waals surface area (Å²) in [7, 11) is 0. The van der Waals surface area contributed by atoms with Gasteiger partial charge in [-0.15, -0.1) is 0 Å². The minimum atomic E-state index is -4.67. The standard InChI is InChI=1S/C8H6ClF3N2O/c9-5-2-3(7(14)15)1-4(6(5)13)8(10,11)12/h1-2H,13H2,(H2,14,15). The van der Waals surface area contributed by atoms with E-state index in [0.717, 1.165) is 6.07 Å². The zero-order chi connectivity index (χ0) is 11.8. The van der Waals surface area contributed by atoms with E-state index in [4.69, 9.17) is 23.1 Å². The molecule has 0 spiro atoms. The molecule has 1 aromatic rings. The fourth-order valence-corrected chi connectivity index (χ4v) is 1.21. The van der Waals surface area contributed by atoms with E-state index in [2.05, 4.69) is 0 Å². The minimum Gasteiger partial charge on any atom is -0.397 e. The quantitative estimate of drug-likeness (QED) is 0.735. The highest BCUT2D eigenvalue weighted by molar-refractivity contribution is 6.33. The van der Waals surface area contributed by atoms with Crippen LogP contribution in [0.5, 0.6) is 0 Å². The first-order valence-corrected chi connectivity index (χ1v) is 4.07. The van der Waals surface area contributed by atoms with Gasteiger partial charge in [-0.1, -0.05) is 11.6 Å². The van der Waals surface area contributed by atoms with Gasteiger partial charge in [0.05, 0.1) is 16.3 Å². The van der Waals surface area contributed by atoms with Crippen molar-refractivity contribution in [2.24, 2.45) is 5.73 Å². The van der Waals surface area contributed by atoms with E-state index in [0.29, 0.717) is 6.07 Å². The van der Waals surface area contributed by atoms with Crippen LogP contribution in [0.15, 0.2) is 12.1 Å². The minimum absolute atomic E-state index is 0.332. The molecular formula is C8H6ClF3N2O. The molecule has 0 aliphatic rings. The lowest BCUT2D eigenvalue weighted by molar-refractivity contribution is -0.136. The van der Waals surface area contributed by atoms with Gasteiger partial charge in [-0.05, 0) is 12.1 Å². The molecule has 0 bridgehead atoms. The van der Waals surface area contributed by atoms with E-state index >= 15 is 0 Å². The molecule has 0 heterocycles. The second kappa shape index (κ2) is 3.62. The van der Waals surface area contributed by atoms with Gasteiger partial charge in [0.2, 0.25) is 5.91 Å². The normalized spacial score (nSPS) is 11.5. The third-order valence-electron chi connectivity index (χ3n) is 1.72. The molecule has 0 unspecified atom stereocenters. The van der Waals surface area contributed by atoms with Gasteiger partial charge in [-0.2, -0.15) is 13.2 Å². The summed E-state index contributed by atoms with van der Waals surface area (Å²) >= 11 is 5.44. The lowest BCUT2D eigenvalue weighted by Crippen LogP contribution is -2.15. The van der Waals surface area contributed by atoms with E-state index < -0.39 is 23.3 Å². The number of benzene rings is 1. The fraction of sp³-hybridized carbons (Fsp3) is 0.125. The largest absolute Gasteiger partial charge is 0.418 e. The van der Waals surface area contributed by atoms with Crippen LogP contribution in [0.1, 0.15) is 15.9 Å². The number of anilines is 1. The number of hydrogen-bond donors (Lipinski definition) is 2. The Hall–Kier alpha value is -1.43. The second-order valence-corrected chi connectivity index (χ2v) is 3.19. The maximum atomic E-state index is 12.4. The van der Waals surface area contributed by atoms with Crippen LogP contribution in [0.25, 0.3) is 0 Å². The first-order chi connectivity index (χ1) is 6.73. The third-order valence-corrected chi connectivity index (χ3v) is 2.03. The van der Waals surface area contributed by atoms with Crippen molar-refractivity contribution in [2.75, 3.05) is 5.73 Å². The smallest absolute Gasteiger partial charge is 0.397 e. The Morgan fingerprint density at radius 2 is 1.87 bits per heavy atom. The average molecular weight is 239 g/mol. The molecule has 3 nitrogen and oxygen atoms in total. The lowest BCUT2D eigenvalue weighted by atomic mass is 10.1. The highest BCUT2D eigenvalue weighted by atomic mass is 35.5. The SMILES string of the molecule is NC(=O)c1cc(Cl)c(N)c(C(F)(F)F)c1. The van der Waals surface area contributed by atoms with E-state index in [-0.39, 0.29) is 10.6 Å². The summed E-state index contributed by atoms with van der Waals surface area (Å²) < 4.78 is 37.1. The molecule has 0 saturated heterocycles. The number of carbonyl (C=O) groups is 1. The van der Waals surface area contributed by atoms with Crippen LogP contribution in [0.4, 0.5) is 18.9 Å². The van der Waals surface area contributed by atoms with Gasteiger partial charge in [0.1, 0.15) is 0 Å². The van der Waals surface area contributed by atoms with Gasteiger partial charge in [0, 0.05) is 5.56 Å². The molecule has 1 rings (SSSR count). The predicted molar refractivity (Wildman–Crippen MR) is 49.4 cm³/mol. The predicted octanol–water partition coefficient (Wildman–Crippen LogP) is 2.04. The van der Waals surface area contributed by atoms with Crippen LogP contribution in [0.2, 0.25) is 5.02 Å². The van der Waals surface area contributed by atoms with Crippen LogP contribution in [-0.2, 0) is 6.18 Å². The maximum absolute atomic E-state index is 12.4. The number of amides is 1. The number of halogens is 4. The summed E-state index contributed by atoms with van der Waals surface area (Å²) in [6.45, 7) is 0. The molecule has 0 aliphatic carbocycles. The lowest BCUT2D eigenvalue weighted by Gasteiger charge is -2.12. The summed E-state index contributed by atoms with van der Waals surface area (Å²) in [4.78, 5) is 10.7. The molecule has 7 heteroatoms. The third kappa shape index (κ3) is 2.33. The number of rotatable bonds is 1. The van der Waals surface area contributed by atoms with E-state index in [1.54, 1.807) is 0 Å². The molecule has 0 aromatic heterocycles. The van der Waals surface area contributed by atoms with Crippen LogP contribution >= 0.6 is 11.6 Å². The fourth-order valence-electron chi connectivity index (χ4n) is 0.995. The number of nitrogen functional groups attached to an aromatic ring is 1. The molecule has 0 aliphatic heterocycles. The molecule has 0 saturated carbocycles. The van der Waals surface area contributed by atoms with Crippen molar-refractivity contribution in [3.05, 3.63) is 28.3 Å². The number of hydrogen-bond acceptors (Lipinski definition) is 2. The number of alkyl halides is 3. The molecule has 1 aromatic carbocycles. The van der Waals surface area contributed by atoms with Crippen molar-refractivity contribution in [1.29, 1.82) is 0 Å². The zero-order valence-electron chi connectivity index (χ0n) is 7.23. The van der Waals surface area contributed by atoms with Crippen LogP contribution < -0.4 is 11.5 Å². The van der Waals surface area contributed by atoms with Gasteiger partial charge in [-0.3, -0.25) is 4.79 Å². The zero-order valence-corrected chi connectivity index (χ0v) is 7.99.